The first-order valence-electron chi connectivity index (χ1n) is 35.7. The molecular weight excluding hydrogens is 1330 g/mol. The van der Waals surface area contributed by atoms with E-state index in [0.717, 1.165) is 84.5 Å². The average Bonchev–Trinajstić information content (AvgIpc) is 1.57. The lowest BCUT2D eigenvalue weighted by Gasteiger charge is -2.13. The van der Waals surface area contributed by atoms with Gasteiger partial charge in [-0.15, -0.1) is 22.7 Å². The van der Waals surface area contributed by atoms with E-state index < -0.39 is 0 Å². The molecule has 0 spiro atoms. The molecule has 0 saturated heterocycles. The third-order valence-electron chi connectivity index (χ3n) is 20.4. The maximum atomic E-state index is 5.21. The van der Waals surface area contributed by atoms with Crippen LogP contribution < -0.4 is 0 Å². The molecule has 8 heteroatoms. The van der Waals surface area contributed by atoms with Gasteiger partial charge in [-0.3, -0.25) is 0 Å². The zero-order valence-electron chi connectivity index (χ0n) is 57.3. The van der Waals surface area contributed by atoms with Crippen LogP contribution in [0.3, 0.4) is 0 Å². The summed E-state index contributed by atoms with van der Waals surface area (Å²) in [5, 5.41) is 10.2. The molecule has 6 heterocycles. The van der Waals surface area contributed by atoms with Crippen molar-refractivity contribution in [3.8, 4) is 113 Å². The van der Waals surface area contributed by atoms with Crippen LogP contribution in [0.4, 0.5) is 0 Å². The first kappa shape index (κ1) is 62.3. The summed E-state index contributed by atoms with van der Waals surface area (Å²) in [5.41, 5.74) is 24.0. The summed E-state index contributed by atoms with van der Waals surface area (Å²) in [6.07, 6.45) is 0. The maximum absolute atomic E-state index is 5.21. The number of hydrogen-bond acceptors (Lipinski definition) is 6. The molecular formula is C98H62N6S2. The van der Waals surface area contributed by atoms with Crippen molar-refractivity contribution in [3.63, 3.8) is 0 Å². The van der Waals surface area contributed by atoms with Crippen LogP contribution in [0.25, 0.3) is 197 Å². The summed E-state index contributed by atoms with van der Waals surface area (Å²) in [7, 11) is 0. The van der Waals surface area contributed by atoms with Crippen molar-refractivity contribution in [2.75, 3.05) is 0 Å². The molecule has 6 nitrogen and oxygen atoms in total. The van der Waals surface area contributed by atoms with E-state index in [-0.39, 0.29) is 0 Å². The molecule has 15 aromatic carbocycles. The van der Waals surface area contributed by atoms with Gasteiger partial charge in [-0.1, -0.05) is 297 Å². The van der Waals surface area contributed by atoms with E-state index in [2.05, 4.69) is 355 Å². The molecule has 0 aliphatic rings. The number of hydrogen-bond donors (Lipinski definition) is 0. The molecule has 106 heavy (non-hydrogen) atoms. The Balaban J connectivity index is 0.000000141. The van der Waals surface area contributed by atoms with Gasteiger partial charge in [-0.2, -0.15) is 0 Å². The molecule has 0 aliphatic heterocycles. The van der Waals surface area contributed by atoms with E-state index in [1.165, 1.54) is 106 Å². The van der Waals surface area contributed by atoms with Crippen LogP contribution in [-0.2, 0) is 0 Å². The molecule has 0 atom stereocenters. The Hall–Kier alpha value is -13.5. The third-order valence-corrected chi connectivity index (χ3v) is 22.9. The van der Waals surface area contributed by atoms with Crippen molar-refractivity contribution < 1.29 is 0 Å². The smallest absolute Gasteiger partial charge is 0.160 e. The van der Waals surface area contributed by atoms with Crippen LogP contribution in [0.5, 0.6) is 0 Å². The Morgan fingerprint density at radius 1 is 0.189 bits per heavy atom. The Kier molecular flexibility index (Phi) is 15.5. The molecule has 496 valence electrons. The number of aromatic nitrogens is 6. The molecule has 0 aliphatic carbocycles. The second-order valence-electron chi connectivity index (χ2n) is 26.8. The minimum atomic E-state index is 0.698. The minimum absolute atomic E-state index is 0.698. The fourth-order valence-corrected chi connectivity index (χ4v) is 17.8. The van der Waals surface area contributed by atoms with Crippen LogP contribution in [0.2, 0.25) is 0 Å². The molecule has 21 aromatic rings. The highest BCUT2D eigenvalue weighted by molar-refractivity contribution is 7.26. The molecule has 0 saturated carbocycles. The standard InChI is InChI=1S/C52H33N3S.C46H29N3S/c1-3-14-34(15-4-1)38-18-13-19-39(30-38)47-33-46(36-16-5-2-6-17-36)53-52(54-47)37-28-26-35(27-29-37)44-31-40(32-45-43-22-9-12-25-50(43)56-51(44)45)55-48-23-10-7-20-41(48)42-21-8-11-24-49(42)55;1-3-13-31(14-4-1)40-29-41(48-46(47-40)33-15-5-2-6-16-33)32-25-23-30(24-26-32)38-27-34(28-39-37-19-9-12-22-44(37)50-45(38)39)49-42-20-10-7-17-35(42)36-18-8-11-21-43(36)49/h1-33H;1-29H. The monoisotopic (exact) mass is 1390 g/mol. The molecule has 0 bridgehead atoms. The van der Waals surface area contributed by atoms with E-state index in [0.29, 0.717) is 5.82 Å². The maximum Gasteiger partial charge on any atom is 0.160 e. The summed E-state index contributed by atoms with van der Waals surface area (Å²) < 4.78 is 10.0. The second kappa shape index (κ2) is 26.4. The SMILES string of the molecule is c1ccc(-c2cc(-c3ccc(-c4cc(-n5c6ccccc6c6ccccc65)cc5c4sc4ccccc45)cc3)nc(-c3ccccc3)n2)cc1.c1ccc(-c2cccc(-c3cc(-c4ccccc4)nc(-c4ccc(-c5cc(-n6c7ccccc7c7ccccc76)cc6c5sc5ccccc56)cc4)n3)c2)cc1. The third kappa shape index (κ3) is 11.2. The van der Waals surface area contributed by atoms with E-state index in [4.69, 9.17) is 19.9 Å². The first-order valence-corrected chi connectivity index (χ1v) is 37.4. The summed E-state index contributed by atoms with van der Waals surface area (Å²) >= 11 is 3.73. The summed E-state index contributed by atoms with van der Waals surface area (Å²) in [6.45, 7) is 0. The Morgan fingerprint density at radius 3 is 0.896 bits per heavy atom. The van der Waals surface area contributed by atoms with Crippen LogP contribution in [0, 0.1) is 0 Å². The van der Waals surface area contributed by atoms with E-state index in [1.54, 1.807) is 0 Å². The van der Waals surface area contributed by atoms with Crippen molar-refractivity contribution >= 4 is 107 Å². The fourth-order valence-electron chi connectivity index (χ4n) is 15.4. The molecule has 21 rings (SSSR count). The summed E-state index contributed by atoms with van der Waals surface area (Å²) in [4.78, 5) is 20.4. The molecule has 0 amide bonds. The number of rotatable bonds is 11. The highest BCUT2D eigenvalue weighted by Crippen LogP contribution is 2.47. The van der Waals surface area contributed by atoms with Crippen LogP contribution in [0.1, 0.15) is 0 Å². The molecule has 0 radical (unpaired) electrons. The van der Waals surface area contributed by atoms with E-state index in [1.807, 2.05) is 53.0 Å². The Labute approximate surface area is 620 Å². The van der Waals surface area contributed by atoms with E-state index >= 15 is 0 Å². The molecule has 0 unspecified atom stereocenters. The van der Waals surface area contributed by atoms with Gasteiger partial charge in [0.15, 0.2) is 11.6 Å². The summed E-state index contributed by atoms with van der Waals surface area (Å²) in [5.74, 6) is 1.42. The largest absolute Gasteiger partial charge is 0.309 e. The van der Waals surface area contributed by atoms with Crippen molar-refractivity contribution in [1.29, 1.82) is 0 Å². The lowest BCUT2D eigenvalue weighted by molar-refractivity contribution is 1.18. The van der Waals surface area contributed by atoms with Gasteiger partial charge in [0.25, 0.3) is 0 Å². The van der Waals surface area contributed by atoms with Gasteiger partial charge in [-0.05, 0) is 101 Å². The zero-order valence-corrected chi connectivity index (χ0v) is 58.9. The van der Waals surface area contributed by atoms with Crippen molar-refractivity contribution in [1.82, 2.24) is 29.1 Å². The van der Waals surface area contributed by atoms with Crippen LogP contribution in [0.15, 0.2) is 376 Å². The van der Waals surface area contributed by atoms with E-state index in [9.17, 15) is 0 Å². The zero-order chi connectivity index (χ0) is 70.0. The van der Waals surface area contributed by atoms with Gasteiger partial charge in [-0.25, -0.2) is 19.9 Å². The molecule has 0 N–H and O–H groups in total. The van der Waals surface area contributed by atoms with Gasteiger partial charge in [0.05, 0.1) is 44.8 Å². The van der Waals surface area contributed by atoms with Crippen LogP contribution >= 0.6 is 22.7 Å². The lowest BCUT2D eigenvalue weighted by Crippen LogP contribution is -1.96. The predicted molar refractivity (Wildman–Crippen MR) is 447 cm³/mol. The number of nitrogens with zero attached hydrogens (tertiary/aromatic N) is 6. The van der Waals surface area contributed by atoms with Crippen molar-refractivity contribution in [3.05, 3.63) is 376 Å². The Bertz CT molecular complexity index is 6760. The quantitative estimate of drug-likeness (QED) is 0.129. The molecule has 0 fully saturated rings. The van der Waals surface area contributed by atoms with Gasteiger partial charge in [0.1, 0.15) is 0 Å². The number of para-hydroxylation sites is 4. The van der Waals surface area contributed by atoms with Crippen molar-refractivity contribution in [2.45, 2.75) is 0 Å². The lowest BCUT2D eigenvalue weighted by atomic mass is 9.99. The van der Waals surface area contributed by atoms with Gasteiger partial charge < -0.3 is 9.13 Å². The van der Waals surface area contributed by atoms with Crippen LogP contribution in [-0.4, -0.2) is 29.1 Å². The number of benzene rings is 15. The number of fused-ring (bicyclic) bond motifs is 12. The Morgan fingerprint density at radius 2 is 0.481 bits per heavy atom. The second-order valence-corrected chi connectivity index (χ2v) is 28.9. The summed E-state index contributed by atoms with van der Waals surface area (Å²) in [6, 6.07) is 134. The fraction of sp³-hybridized carbons (Fsp3) is 0. The van der Waals surface area contributed by atoms with Gasteiger partial charge >= 0.3 is 0 Å². The van der Waals surface area contributed by atoms with Gasteiger partial charge in [0, 0.05) is 118 Å². The van der Waals surface area contributed by atoms with Gasteiger partial charge in [0.2, 0.25) is 0 Å². The minimum Gasteiger partial charge on any atom is -0.309 e. The first-order chi connectivity index (χ1) is 52.5. The predicted octanol–water partition coefficient (Wildman–Crippen LogP) is 26.9. The highest BCUT2D eigenvalue weighted by Gasteiger charge is 2.22. The highest BCUT2D eigenvalue weighted by atomic mass is 32.1. The van der Waals surface area contributed by atoms with Crippen molar-refractivity contribution in [2.24, 2.45) is 0 Å². The normalized spacial score (nSPS) is 11.6. The topological polar surface area (TPSA) is 61.4 Å². The average molecular weight is 1390 g/mol. The molecule has 6 aromatic heterocycles. The number of thiophene rings is 2.